The molecule has 0 unspecified atom stereocenters. The summed E-state index contributed by atoms with van der Waals surface area (Å²) >= 11 is 0. The van der Waals surface area contributed by atoms with Crippen LogP contribution in [0.25, 0.3) is 5.57 Å². The highest BCUT2D eigenvalue weighted by Crippen LogP contribution is 2.34. The molecule has 2 amide bonds. The third-order valence-corrected chi connectivity index (χ3v) is 5.20. The SMILES string of the molecule is O=C1C(c2ccc(F)cc2)=C(N2CCCCC2)C(=O)N1Cc1ccc(F)cc1. The number of amides is 2. The number of hydrogen-bond donors (Lipinski definition) is 0. The van der Waals surface area contributed by atoms with Crippen molar-refractivity contribution in [2.75, 3.05) is 13.1 Å². The summed E-state index contributed by atoms with van der Waals surface area (Å²) in [6.45, 7) is 1.49. The molecule has 4 rings (SSSR count). The van der Waals surface area contributed by atoms with Gasteiger partial charge in [-0.2, -0.15) is 0 Å². The second kappa shape index (κ2) is 7.54. The van der Waals surface area contributed by atoms with Gasteiger partial charge in [-0.3, -0.25) is 14.5 Å². The Balaban J connectivity index is 1.72. The van der Waals surface area contributed by atoms with Crippen LogP contribution in [0.5, 0.6) is 0 Å². The smallest absolute Gasteiger partial charge is 0.278 e. The highest BCUT2D eigenvalue weighted by atomic mass is 19.1. The molecular formula is C22H20F2N2O2. The van der Waals surface area contributed by atoms with Crippen molar-refractivity contribution in [2.45, 2.75) is 25.8 Å². The predicted molar refractivity (Wildman–Crippen MR) is 101 cm³/mol. The second-order valence-corrected chi connectivity index (χ2v) is 7.10. The molecule has 0 aromatic heterocycles. The number of hydrogen-bond acceptors (Lipinski definition) is 3. The first-order valence-corrected chi connectivity index (χ1v) is 9.40. The quantitative estimate of drug-likeness (QED) is 0.757. The highest BCUT2D eigenvalue weighted by Gasteiger charge is 2.41. The van der Waals surface area contributed by atoms with Crippen molar-refractivity contribution < 1.29 is 18.4 Å². The summed E-state index contributed by atoms with van der Waals surface area (Å²) in [4.78, 5) is 29.5. The summed E-state index contributed by atoms with van der Waals surface area (Å²) in [6.07, 6.45) is 3.01. The van der Waals surface area contributed by atoms with Crippen LogP contribution in [0.15, 0.2) is 54.2 Å². The molecule has 0 spiro atoms. The molecule has 28 heavy (non-hydrogen) atoms. The van der Waals surface area contributed by atoms with Gasteiger partial charge in [-0.05, 0) is 54.7 Å². The Bertz CT molecular complexity index is 930. The molecule has 2 aromatic rings. The van der Waals surface area contributed by atoms with E-state index in [0.717, 1.165) is 19.3 Å². The number of likely N-dealkylation sites (tertiary alicyclic amines) is 1. The van der Waals surface area contributed by atoms with Gasteiger partial charge in [-0.1, -0.05) is 24.3 Å². The van der Waals surface area contributed by atoms with Gasteiger partial charge >= 0.3 is 0 Å². The molecule has 0 N–H and O–H groups in total. The maximum atomic E-state index is 13.4. The minimum absolute atomic E-state index is 0.0694. The molecule has 0 aliphatic carbocycles. The molecule has 2 aromatic carbocycles. The maximum Gasteiger partial charge on any atom is 0.278 e. The number of halogens is 2. The minimum Gasteiger partial charge on any atom is -0.366 e. The van der Waals surface area contributed by atoms with Gasteiger partial charge in [0.15, 0.2) is 0 Å². The summed E-state index contributed by atoms with van der Waals surface area (Å²) in [7, 11) is 0. The number of benzene rings is 2. The fourth-order valence-corrected chi connectivity index (χ4v) is 3.77. The standard InChI is InChI=1S/C22H20F2N2O2/c23-17-8-4-15(5-9-17)14-26-21(27)19(16-6-10-18(24)11-7-16)20(22(26)28)25-12-2-1-3-13-25/h4-11H,1-3,12-14H2. The lowest BCUT2D eigenvalue weighted by atomic mass is 10.0. The first kappa shape index (κ1) is 18.3. The van der Waals surface area contributed by atoms with Crippen molar-refractivity contribution in [3.8, 4) is 0 Å². The van der Waals surface area contributed by atoms with Gasteiger partial charge in [-0.15, -0.1) is 0 Å². The summed E-state index contributed by atoms with van der Waals surface area (Å²) < 4.78 is 26.6. The van der Waals surface area contributed by atoms with E-state index >= 15 is 0 Å². The lowest BCUT2D eigenvalue weighted by Crippen LogP contribution is -2.36. The highest BCUT2D eigenvalue weighted by molar-refractivity contribution is 6.35. The Labute approximate surface area is 162 Å². The number of carbonyl (C=O) groups excluding carboxylic acids is 2. The molecule has 2 aliphatic heterocycles. The minimum atomic E-state index is -0.401. The number of rotatable bonds is 4. The van der Waals surface area contributed by atoms with Crippen LogP contribution >= 0.6 is 0 Å². The largest absolute Gasteiger partial charge is 0.366 e. The molecule has 0 bridgehead atoms. The molecule has 0 radical (unpaired) electrons. The van der Waals surface area contributed by atoms with Crippen molar-refractivity contribution in [1.82, 2.24) is 9.80 Å². The Morgan fingerprint density at radius 2 is 1.32 bits per heavy atom. The van der Waals surface area contributed by atoms with Crippen LogP contribution in [-0.2, 0) is 16.1 Å². The van der Waals surface area contributed by atoms with Crippen LogP contribution in [0.4, 0.5) is 8.78 Å². The number of imide groups is 1. The Morgan fingerprint density at radius 1 is 0.750 bits per heavy atom. The van der Waals surface area contributed by atoms with Gasteiger partial charge in [-0.25, -0.2) is 8.78 Å². The van der Waals surface area contributed by atoms with E-state index in [4.69, 9.17) is 0 Å². The van der Waals surface area contributed by atoms with E-state index in [1.807, 2.05) is 4.90 Å². The summed E-state index contributed by atoms with van der Waals surface area (Å²) in [5.41, 5.74) is 1.90. The van der Waals surface area contributed by atoms with Gasteiger partial charge in [0.25, 0.3) is 11.8 Å². The van der Waals surface area contributed by atoms with Crippen molar-refractivity contribution in [3.05, 3.63) is 77.0 Å². The molecule has 0 atom stereocenters. The van der Waals surface area contributed by atoms with E-state index in [9.17, 15) is 18.4 Å². The van der Waals surface area contributed by atoms with Crippen LogP contribution in [0.3, 0.4) is 0 Å². The van der Waals surface area contributed by atoms with Gasteiger partial charge < -0.3 is 4.90 Å². The van der Waals surface area contributed by atoms with Crippen LogP contribution in [0, 0.1) is 11.6 Å². The van der Waals surface area contributed by atoms with E-state index in [2.05, 4.69) is 0 Å². The van der Waals surface area contributed by atoms with E-state index in [1.54, 1.807) is 12.1 Å². The van der Waals surface area contributed by atoms with E-state index < -0.39 is 11.7 Å². The van der Waals surface area contributed by atoms with Crippen molar-refractivity contribution in [2.24, 2.45) is 0 Å². The van der Waals surface area contributed by atoms with Crippen LogP contribution in [0.2, 0.25) is 0 Å². The second-order valence-electron chi connectivity index (χ2n) is 7.10. The maximum absolute atomic E-state index is 13.4. The van der Waals surface area contributed by atoms with Gasteiger partial charge in [0.1, 0.15) is 17.3 Å². The Kier molecular flexibility index (Phi) is 4.94. The Hall–Kier alpha value is -3.02. The fourth-order valence-electron chi connectivity index (χ4n) is 3.77. The first-order valence-electron chi connectivity index (χ1n) is 9.40. The van der Waals surface area contributed by atoms with Crippen molar-refractivity contribution in [3.63, 3.8) is 0 Å². The van der Waals surface area contributed by atoms with Crippen LogP contribution < -0.4 is 0 Å². The molecule has 1 saturated heterocycles. The molecule has 144 valence electrons. The van der Waals surface area contributed by atoms with Crippen LogP contribution in [0.1, 0.15) is 30.4 Å². The zero-order chi connectivity index (χ0) is 19.7. The lowest BCUT2D eigenvalue weighted by molar-refractivity contribution is -0.138. The third kappa shape index (κ3) is 3.42. The fraction of sp³-hybridized carbons (Fsp3) is 0.273. The number of nitrogens with zero attached hydrogens (tertiary/aromatic N) is 2. The molecule has 2 heterocycles. The molecule has 0 saturated carbocycles. The molecule has 1 fully saturated rings. The Morgan fingerprint density at radius 3 is 1.93 bits per heavy atom. The van der Waals surface area contributed by atoms with E-state index in [-0.39, 0.29) is 18.3 Å². The predicted octanol–water partition coefficient (Wildman–Crippen LogP) is 3.73. The van der Waals surface area contributed by atoms with Gasteiger partial charge in [0.05, 0.1) is 12.1 Å². The molecule has 6 heteroatoms. The third-order valence-electron chi connectivity index (χ3n) is 5.20. The van der Waals surface area contributed by atoms with E-state index in [0.29, 0.717) is 35.5 Å². The average Bonchev–Trinajstić information content (AvgIpc) is 2.95. The van der Waals surface area contributed by atoms with Gasteiger partial charge in [0.2, 0.25) is 0 Å². The molecule has 2 aliphatic rings. The first-order chi connectivity index (χ1) is 13.5. The van der Waals surface area contributed by atoms with Gasteiger partial charge in [0, 0.05) is 13.1 Å². The summed E-state index contributed by atoms with van der Waals surface area (Å²) in [5, 5.41) is 0. The molecular weight excluding hydrogens is 362 g/mol. The topological polar surface area (TPSA) is 40.6 Å². The zero-order valence-corrected chi connectivity index (χ0v) is 15.3. The van der Waals surface area contributed by atoms with Crippen molar-refractivity contribution in [1.29, 1.82) is 0 Å². The number of carbonyl (C=O) groups is 2. The summed E-state index contributed by atoms with van der Waals surface area (Å²) in [5.74, 6) is -1.53. The number of piperidine rings is 1. The van der Waals surface area contributed by atoms with Crippen LogP contribution in [-0.4, -0.2) is 34.7 Å². The van der Waals surface area contributed by atoms with E-state index in [1.165, 1.54) is 41.3 Å². The summed E-state index contributed by atoms with van der Waals surface area (Å²) in [6, 6.07) is 11.4. The monoisotopic (exact) mass is 382 g/mol. The average molecular weight is 382 g/mol. The zero-order valence-electron chi connectivity index (χ0n) is 15.3. The lowest BCUT2D eigenvalue weighted by Gasteiger charge is -2.29. The normalized spacial score (nSPS) is 17.6. The van der Waals surface area contributed by atoms with Crippen molar-refractivity contribution >= 4 is 17.4 Å². The molecule has 4 nitrogen and oxygen atoms in total.